The molecule has 1 aliphatic carbocycles. The van der Waals surface area contributed by atoms with Gasteiger partial charge in [-0.1, -0.05) is 25.2 Å². The van der Waals surface area contributed by atoms with Gasteiger partial charge in [-0.25, -0.2) is 0 Å². The van der Waals surface area contributed by atoms with Crippen molar-refractivity contribution in [3.63, 3.8) is 0 Å². The maximum atomic E-state index is 6.65. The molecule has 1 aliphatic rings. The van der Waals surface area contributed by atoms with Crippen molar-refractivity contribution >= 4 is 0 Å². The molecule has 43 valence electrons. The Hall–Kier alpha value is -0.440. The van der Waals surface area contributed by atoms with Crippen molar-refractivity contribution in [3.8, 4) is 5.92 Å². The van der Waals surface area contributed by atoms with E-state index >= 15 is 0 Å². The third-order valence-electron chi connectivity index (χ3n) is 1.90. The third-order valence-corrected chi connectivity index (χ3v) is 1.90. The molecule has 0 saturated heterocycles. The second kappa shape index (κ2) is 2.77. The van der Waals surface area contributed by atoms with E-state index in [1.54, 1.807) is 0 Å². The molecule has 1 rings (SSSR count). The Morgan fingerprint density at radius 3 is 2.62 bits per heavy atom. The van der Waals surface area contributed by atoms with E-state index in [4.69, 9.17) is 6.42 Å². The first kappa shape index (κ1) is 5.69. The summed E-state index contributed by atoms with van der Waals surface area (Å²) in [6.45, 7) is 0. The Morgan fingerprint density at radius 2 is 2.25 bits per heavy atom. The van der Waals surface area contributed by atoms with E-state index in [0.717, 1.165) is 12.3 Å². The minimum atomic E-state index is 0.880. The molecule has 1 radical (unpaired) electrons. The number of hydrogen-bond acceptors (Lipinski definition) is 0. The van der Waals surface area contributed by atoms with Gasteiger partial charge in [-0.2, -0.15) is 0 Å². The maximum absolute atomic E-state index is 6.65. The molecule has 0 aromatic heterocycles. The predicted octanol–water partition coefficient (Wildman–Crippen LogP) is 2.16. The largest absolute Gasteiger partial charge is 0.0891 e. The molecule has 0 bridgehead atoms. The lowest BCUT2D eigenvalue weighted by molar-refractivity contribution is 0.299. The fourth-order valence-electron chi connectivity index (χ4n) is 1.06. The minimum absolute atomic E-state index is 0.880. The molecule has 0 aromatic carbocycles. The summed E-state index contributed by atoms with van der Waals surface area (Å²) in [5, 5.41) is 0. The molecule has 1 fully saturated rings. The van der Waals surface area contributed by atoms with Crippen molar-refractivity contribution in [1.82, 2.24) is 0 Å². The van der Waals surface area contributed by atoms with Crippen LogP contribution >= 0.6 is 0 Å². The van der Waals surface area contributed by atoms with Gasteiger partial charge in [0.05, 0.1) is 0 Å². The molecule has 0 spiro atoms. The molecule has 0 aromatic rings. The summed E-state index contributed by atoms with van der Waals surface area (Å²) < 4.78 is 0. The summed E-state index contributed by atoms with van der Waals surface area (Å²) >= 11 is 0. The summed E-state index contributed by atoms with van der Waals surface area (Å²) in [4.78, 5) is 0. The van der Waals surface area contributed by atoms with Gasteiger partial charge >= 0.3 is 0 Å². The van der Waals surface area contributed by atoms with E-state index in [0.29, 0.717) is 0 Å². The molecule has 0 heterocycles. The van der Waals surface area contributed by atoms with Crippen LogP contribution < -0.4 is 0 Å². The summed E-state index contributed by atoms with van der Waals surface area (Å²) in [5.74, 6) is 3.37. The normalized spacial score (nSPS) is 19.4. The average molecular weight is 107 g/mol. The Balaban J connectivity index is 1.95. The van der Waals surface area contributed by atoms with Gasteiger partial charge in [0.25, 0.3) is 0 Å². The molecule has 1 saturated carbocycles. The lowest BCUT2D eigenvalue weighted by Crippen LogP contribution is -2.09. The third kappa shape index (κ3) is 1.26. The Bertz CT molecular complexity index is 93.1. The van der Waals surface area contributed by atoms with Crippen molar-refractivity contribution in [3.05, 3.63) is 6.42 Å². The summed E-state index contributed by atoms with van der Waals surface area (Å²) in [6, 6.07) is 0. The van der Waals surface area contributed by atoms with Crippen LogP contribution in [0.2, 0.25) is 0 Å². The van der Waals surface area contributed by atoms with E-state index < -0.39 is 0 Å². The van der Waals surface area contributed by atoms with E-state index in [1.807, 2.05) is 0 Å². The second-order valence-corrected chi connectivity index (χ2v) is 2.51. The molecular formula is C8H11. The first-order valence-electron chi connectivity index (χ1n) is 3.33. The van der Waals surface area contributed by atoms with Crippen molar-refractivity contribution in [2.45, 2.75) is 32.1 Å². The Labute approximate surface area is 51.3 Å². The fourth-order valence-corrected chi connectivity index (χ4v) is 1.06. The zero-order valence-corrected chi connectivity index (χ0v) is 5.11. The van der Waals surface area contributed by atoms with Crippen molar-refractivity contribution in [2.24, 2.45) is 5.92 Å². The van der Waals surface area contributed by atoms with Crippen molar-refractivity contribution in [1.29, 1.82) is 0 Å². The first-order valence-corrected chi connectivity index (χ1v) is 3.33. The van der Waals surface area contributed by atoms with Crippen LogP contribution in [0.5, 0.6) is 0 Å². The van der Waals surface area contributed by atoms with Crippen LogP contribution in [0.15, 0.2) is 0 Å². The Kier molecular flexibility index (Phi) is 1.97. The highest BCUT2D eigenvalue weighted by Crippen LogP contribution is 2.29. The molecule has 0 unspecified atom stereocenters. The smallest absolute Gasteiger partial charge is 0.0102 e. The van der Waals surface area contributed by atoms with Gasteiger partial charge in [0.2, 0.25) is 0 Å². The van der Waals surface area contributed by atoms with Crippen LogP contribution in [0.4, 0.5) is 0 Å². The average Bonchev–Trinajstić information content (AvgIpc) is 1.63. The van der Waals surface area contributed by atoms with Crippen LogP contribution in [0.3, 0.4) is 0 Å². The molecule has 0 nitrogen and oxygen atoms in total. The minimum Gasteiger partial charge on any atom is -0.0891 e. The van der Waals surface area contributed by atoms with Crippen molar-refractivity contribution < 1.29 is 0 Å². The van der Waals surface area contributed by atoms with Gasteiger partial charge in [-0.15, -0.1) is 0 Å². The van der Waals surface area contributed by atoms with Gasteiger partial charge in [-0.3, -0.25) is 0 Å². The van der Waals surface area contributed by atoms with Crippen LogP contribution in [0.1, 0.15) is 32.1 Å². The summed E-state index contributed by atoms with van der Waals surface area (Å²) in [6.07, 6.45) is 13.0. The Morgan fingerprint density at radius 1 is 1.50 bits per heavy atom. The quantitative estimate of drug-likeness (QED) is 0.474. The van der Waals surface area contributed by atoms with E-state index in [9.17, 15) is 0 Å². The summed E-state index contributed by atoms with van der Waals surface area (Å²) in [5.41, 5.74) is 0. The van der Waals surface area contributed by atoms with Crippen LogP contribution in [0.25, 0.3) is 0 Å². The van der Waals surface area contributed by atoms with E-state index in [-0.39, 0.29) is 0 Å². The zero-order chi connectivity index (χ0) is 5.82. The number of rotatable bonds is 2. The fraction of sp³-hybridized carbons (Fsp3) is 0.750. The molecule has 8 heavy (non-hydrogen) atoms. The van der Waals surface area contributed by atoms with Gasteiger partial charge in [0.15, 0.2) is 0 Å². The maximum Gasteiger partial charge on any atom is 0.0102 e. The zero-order valence-electron chi connectivity index (χ0n) is 5.11. The van der Waals surface area contributed by atoms with Crippen LogP contribution in [0, 0.1) is 18.3 Å². The monoisotopic (exact) mass is 107 g/mol. The van der Waals surface area contributed by atoms with E-state index in [1.165, 1.54) is 25.7 Å². The van der Waals surface area contributed by atoms with Crippen molar-refractivity contribution in [2.75, 3.05) is 0 Å². The van der Waals surface area contributed by atoms with Gasteiger partial charge < -0.3 is 0 Å². The lowest BCUT2D eigenvalue weighted by atomic mass is 9.82. The van der Waals surface area contributed by atoms with Crippen LogP contribution in [-0.2, 0) is 0 Å². The van der Waals surface area contributed by atoms with E-state index in [2.05, 4.69) is 5.92 Å². The molecule has 0 atom stereocenters. The first-order chi connectivity index (χ1) is 3.93. The topological polar surface area (TPSA) is 0 Å². The van der Waals surface area contributed by atoms with Crippen LogP contribution in [-0.4, -0.2) is 0 Å². The predicted molar refractivity (Wildman–Crippen MR) is 33.7 cm³/mol. The lowest BCUT2D eigenvalue weighted by Gasteiger charge is -2.23. The molecule has 0 heteroatoms. The molecule has 0 N–H and O–H groups in total. The van der Waals surface area contributed by atoms with Gasteiger partial charge in [0, 0.05) is 6.42 Å². The standard InChI is InChI=1S/C8H11/c1-2-3-5-8-6-4-7-8/h8H,3-7H2. The van der Waals surface area contributed by atoms with Gasteiger partial charge in [-0.05, 0) is 18.8 Å². The summed E-state index contributed by atoms with van der Waals surface area (Å²) in [7, 11) is 0. The highest BCUT2D eigenvalue weighted by Gasteiger charge is 2.15. The second-order valence-electron chi connectivity index (χ2n) is 2.51. The molecular weight excluding hydrogens is 96.1 g/mol. The number of hydrogen-bond donors (Lipinski definition) is 0. The molecule has 0 amide bonds. The molecule has 0 aliphatic heterocycles. The highest BCUT2D eigenvalue weighted by atomic mass is 14.2. The van der Waals surface area contributed by atoms with Gasteiger partial charge in [0.1, 0.15) is 0 Å². The highest BCUT2D eigenvalue weighted by molar-refractivity contribution is 4.79. The SMILES string of the molecule is [C]#CCCC1CCC1.